The topological polar surface area (TPSA) is 78.5 Å². The molecule has 2 aromatic rings. The highest BCUT2D eigenvalue weighted by Crippen LogP contribution is 2.15. The summed E-state index contributed by atoms with van der Waals surface area (Å²) in [6.07, 6.45) is -4.52. The number of sulfonamides is 1. The summed E-state index contributed by atoms with van der Waals surface area (Å²) in [6.45, 7) is -1.39. The third-order valence-corrected chi connectivity index (χ3v) is 5.21. The lowest BCUT2D eigenvalue weighted by atomic mass is 10.2. The van der Waals surface area contributed by atoms with Crippen molar-refractivity contribution < 1.29 is 26.4 Å². The highest BCUT2D eigenvalue weighted by atomic mass is 32.2. The van der Waals surface area contributed by atoms with Crippen LogP contribution in [0.25, 0.3) is 0 Å². The summed E-state index contributed by atoms with van der Waals surface area (Å²) >= 11 is 0. The monoisotopic (exact) mass is 415 g/mol. The Morgan fingerprint density at radius 3 is 2.07 bits per heavy atom. The third-order valence-electron chi connectivity index (χ3n) is 3.80. The maximum Gasteiger partial charge on any atom is 0.405 e. The lowest BCUT2D eigenvalue weighted by Gasteiger charge is -2.13. The molecule has 2 aromatic carbocycles. The first kappa shape index (κ1) is 21.7. The fourth-order valence-electron chi connectivity index (χ4n) is 2.24. The van der Waals surface area contributed by atoms with E-state index in [1.807, 2.05) is 31.1 Å². The van der Waals surface area contributed by atoms with Crippen LogP contribution in [0.5, 0.6) is 0 Å². The Hall–Kier alpha value is -2.59. The molecule has 0 spiro atoms. The van der Waals surface area contributed by atoms with Crippen molar-refractivity contribution in [1.29, 1.82) is 0 Å². The largest absolute Gasteiger partial charge is 0.405 e. The van der Waals surface area contributed by atoms with E-state index in [0.717, 1.165) is 23.4 Å². The smallest absolute Gasteiger partial charge is 0.378 e. The number of amides is 1. The van der Waals surface area contributed by atoms with Gasteiger partial charge in [0.15, 0.2) is 0 Å². The molecular weight excluding hydrogens is 395 g/mol. The van der Waals surface area contributed by atoms with Crippen molar-refractivity contribution in [3.8, 4) is 0 Å². The second kappa shape index (κ2) is 8.61. The minimum absolute atomic E-state index is 0.0672. The molecule has 0 aromatic heterocycles. The summed E-state index contributed by atoms with van der Waals surface area (Å²) in [4.78, 5) is 13.5. The lowest BCUT2D eigenvalue weighted by molar-refractivity contribution is -0.123. The predicted octanol–water partition coefficient (Wildman–Crippen LogP) is 2.52. The van der Waals surface area contributed by atoms with Crippen LogP contribution in [0.3, 0.4) is 0 Å². The maximum absolute atomic E-state index is 12.4. The first-order chi connectivity index (χ1) is 13.0. The number of nitrogens with one attached hydrogen (secondary N) is 2. The van der Waals surface area contributed by atoms with E-state index in [9.17, 15) is 26.4 Å². The third kappa shape index (κ3) is 6.24. The van der Waals surface area contributed by atoms with Crippen LogP contribution in [0.4, 0.5) is 18.9 Å². The molecule has 0 aliphatic rings. The van der Waals surface area contributed by atoms with Crippen molar-refractivity contribution >= 4 is 21.6 Å². The van der Waals surface area contributed by atoms with E-state index in [2.05, 4.69) is 4.72 Å². The van der Waals surface area contributed by atoms with Crippen molar-refractivity contribution in [2.45, 2.75) is 17.6 Å². The maximum atomic E-state index is 12.4. The van der Waals surface area contributed by atoms with Gasteiger partial charge in [0.2, 0.25) is 10.0 Å². The molecule has 0 atom stereocenters. The minimum Gasteiger partial charge on any atom is -0.378 e. The number of hydrogen-bond acceptors (Lipinski definition) is 4. The Balaban J connectivity index is 2.00. The van der Waals surface area contributed by atoms with Crippen molar-refractivity contribution in [1.82, 2.24) is 10.0 Å². The molecule has 0 saturated carbocycles. The molecule has 0 aliphatic carbocycles. The molecule has 0 bridgehead atoms. The molecule has 1 amide bonds. The molecule has 10 heteroatoms. The lowest BCUT2D eigenvalue weighted by Crippen LogP contribution is -2.33. The van der Waals surface area contributed by atoms with Crippen LogP contribution in [-0.4, -0.2) is 41.1 Å². The van der Waals surface area contributed by atoms with Crippen LogP contribution < -0.4 is 14.9 Å². The van der Waals surface area contributed by atoms with Crippen LogP contribution in [0.1, 0.15) is 15.9 Å². The summed E-state index contributed by atoms with van der Waals surface area (Å²) in [7, 11) is -0.0478. The highest BCUT2D eigenvalue weighted by molar-refractivity contribution is 7.89. The second-order valence-electron chi connectivity index (χ2n) is 6.21. The molecule has 152 valence electrons. The molecule has 0 fully saturated rings. The molecule has 0 aliphatic heterocycles. The fraction of sp³-hybridized carbons (Fsp3) is 0.278. The quantitative estimate of drug-likeness (QED) is 0.729. The predicted molar refractivity (Wildman–Crippen MR) is 99.6 cm³/mol. The van der Waals surface area contributed by atoms with Crippen molar-refractivity contribution in [3.05, 3.63) is 59.7 Å². The van der Waals surface area contributed by atoms with E-state index in [-0.39, 0.29) is 17.0 Å². The zero-order valence-electron chi connectivity index (χ0n) is 15.2. The molecule has 2 rings (SSSR count). The van der Waals surface area contributed by atoms with Gasteiger partial charge in [0, 0.05) is 31.9 Å². The molecule has 6 nitrogen and oxygen atoms in total. The zero-order chi connectivity index (χ0) is 20.9. The van der Waals surface area contributed by atoms with Gasteiger partial charge < -0.3 is 10.2 Å². The van der Waals surface area contributed by atoms with Crippen LogP contribution in [-0.2, 0) is 16.6 Å². The molecule has 28 heavy (non-hydrogen) atoms. The van der Waals surface area contributed by atoms with E-state index in [4.69, 9.17) is 0 Å². The second-order valence-corrected chi connectivity index (χ2v) is 7.97. The van der Waals surface area contributed by atoms with E-state index >= 15 is 0 Å². The highest BCUT2D eigenvalue weighted by Gasteiger charge is 2.28. The number of carbonyl (C=O) groups is 1. The van der Waals surface area contributed by atoms with Crippen molar-refractivity contribution in [2.24, 2.45) is 0 Å². The standard InChI is InChI=1S/C18H20F3N3O3S/c1-24(2)15-7-3-13(4-8-15)11-23-28(26,27)16-9-5-14(6-10-16)17(25)22-12-18(19,20)21/h3-10,23H,11-12H2,1-2H3,(H,22,25). The summed E-state index contributed by atoms with van der Waals surface area (Å²) in [6, 6.07) is 12.0. The number of nitrogens with zero attached hydrogens (tertiary/aromatic N) is 1. The van der Waals surface area contributed by atoms with Gasteiger partial charge in [-0.2, -0.15) is 13.2 Å². The van der Waals surface area contributed by atoms with Gasteiger partial charge in [-0.1, -0.05) is 12.1 Å². The molecule has 2 N–H and O–H groups in total. The zero-order valence-corrected chi connectivity index (χ0v) is 16.1. The molecule has 0 unspecified atom stereocenters. The molecular formula is C18H20F3N3O3S. The molecule has 0 heterocycles. The number of rotatable bonds is 7. The molecule has 0 radical (unpaired) electrons. The Bertz CT molecular complexity index is 910. The van der Waals surface area contributed by atoms with E-state index in [1.54, 1.807) is 17.4 Å². The normalized spacial score (nSPS) is 11.9. The Morgan fingerprint density at radius 2 is 1.57 bits per heavy atom. The number of carbonyl (C=O) groups excluding carboxylic acids is 1. The summed E-state index contributed by atoms with van der Waals surface area (Å²) in [5.41, 5.74) is 1.67. The van der Waals surface area contributed by atoms with Gasteiger partial charge in [-0.3, -0.25) is 4.79 Å². The number of hydrogen-bond donors (Lipinski definition) is 2. The number of halogens is 3. The summed E-state index contributed by atoms with van der Waals surface area (Å²) in [5, 5.41) is 1.72. The van der Waals surface area contributed by atoms with E-state index in [1.165, 1.54) is 12.1 Å². The number of alkyl halides is 3. The first-order valence-electron chi connectivity index (χ1n) is 8.19. The van der Waals surface area contributed by atoms with Gasteiger partial charge in [0.05, 0.1) is 4.90 Å². The van der Waals surface area contributed by atoms with E-state index in [0.29, 0.717) is 0 Å². The fourth-order valence-corrected chi connectivity index (χ4v) is 3.26. The van der Waals surface area contributed by atoms with E-state index < -0.39 is 28.7 Å². The summed E-state index contributed by atoms with van der Waals surface area (Å²) in [5.74, 6) is -0.935. The van der Waals surface area contributed by atoms with Gasteiger partial charge in [-0.05, 0) is 42.0 Å². The van der Waals surface area contributed by atoms with Gasteiger partial charge in [0.25, 0.3) is 5.91 Å². The van der Waals surface area contributed by atoms with Crippen LogP contribution in [0.2, 0.25) is 0 Å². The summed E-state index contributed by atoms with van der Waals surface area (Å²) < 4.78 is 63.5. The van der Waals surface area contributed by atoms with Crippen molar-refractivity contribution in [3.63, 3.8) is 0 Å². The Labute approximate surface area is 161 Å². The minimum atomic E-state index is -4.52. The SMILES string of the molecule is CN(C)c1ccc(CNS(=O)(=O)c2ccc(C(=O)NCC(F)(F)F)cc2)cc1. The van der Waals surface area contributed by atoms with Crippen LogP contribution >= 0.6 is 0 Å². The van der Waals surface area contributed by atoms with Gasteiger partial charge in [-0.25, -0.2) is 13.1 Å². The Kier molecular flexibility index (Phi) is 6.68. The number of anilines is 1. The average Bonchev–Trinajstić information content (AvgIpc) is 2.64. The first-order valence-corrected chi connectivity index (χ1v) is 9.67. The van der Waals surface area contributed by atoms with Crippen molar-refractivity contribution in [2.75, 3.05) is 25.5 Å². The van der Waals surface area contributed by atoms with Gasteiger partial charge >= 0.3 is 6.18 Å². The van der Waals surface area contributed by atoms with Crippen LogP contribution in [0, 0.1) is 0 Å². The molecule has 0 saturated heterocycles. The number of benzene rings is 2. The van der Waals surface area contributed by atoms with Gasteiger partial charge in [0.1, 0.15) is 6.54 Å². The van der Waals surface area contributed by atoms with Crippen LogP contribution in [0.15, 0.2) is 53.4 Å². The van der Waals surface area contributed by atoms with Gasteiger partial charge in [-0.15, -0.1) is 0 Å². The average molecular weight is 415 g/mol. The Morgan fingerprint density at radius 1 is 1.00 bits per heavy atom.